The molecule has 0 aliphatic heterocycles. The van der Waals surface area contributed by atoms with Crippen LogP contribution in [-0.4, -0.2) is 90.5 Å². The van der Waals surface area contributed by atoms with Gasteiger partial charge in [0, 0.05) is 18.9 Å². The molecule has 5 rings (SSSR count). The number of H-pyrrole nitrogens is 1. The third-order valence-corrected chi connectivity index (χ3v) is 7.90. The number of nitrogens with zero attached hydrogens (tertiary/aromatic N) is 8. The largest absolute Gasteiger partial charge is 0.569 e. The second-order valence-corrected chi connectivity index (χ2v) is 12.7. The molecule has 0 saturated heterocycles. The molecule has 17 heteroatoms. The second-order valence-electron chi connectivity index (χ2n) is 12.7. The van der Waals surface area contributed by atoms with Gasteiger partial charge in [-0.2, -0.15) is 4.98 Å². The van der Waals surface area contributed by atoms with Crippen LogP contribution in [0.15, 0.2) is 72.0 Å². The van der Waals surface area contributed by atoms with E-state index in [-0.39, 0.29) is 25.2 Å². The Balaban J connectivity index is 1.21. The highest BCUT2D eigenvalue weighted by molar-refractivity contribution is 6.02. The minimum atomic E-state index is -1.27. The standard InChI is InChI=1S/C36H43N9O8/c1-7-44(36(4,5)6)45(48)42-51-22-12-21-50-35(47)53-24(3)52-33(46)29-15-11-16-30-31(29)43(34(37-30)49-8-2)23-25-17-19-26(20-18-25)27-13-9-10-14-28(27)32-38-40-41-39-32/h9-11,13-20,24H,7-8,12,21-23H2,1-6H3,(H,38,39,40,41)/b45-42-. The van der Waals surface area contributed by atoms with E-state index in [4.69, 9.17) is 23.8 Å². The first-order valence-electron chi connectivity index (χ1n) is 17.2. The van der Waals surface area contributed by atoms with Crippen LogP contribution in [0.4, 0.5) is 4.79 Å². The lowest BCUT2D eigenvalue weighted by Crippen LogP contribution is -2.45. The Hall–Kier alpha value is -6.26. The monoisotopic (exact) mass is 729 g/mol. The number of esters is 1. The zero-order valence-electron chi connectivity index (χ0n) is 30.5. The van der Waals surface area contributed by atoms with Crippen LogP contribution in [0.2, 0.25) is 0 Å². The number of aromatic amines is 1. The van der Waals surface area contributed by atoms with E-state index < -0.39 is 24.0 Å². The van der Waals surface area contributed by atoms with Crippen LogP contribution in [0.1, 0.15) is 63.9 Å². The molecule has 0 bridgehead atoms. The number of hydrogen-bond acceptors (Lipinski definition) is 13. The topological polar surface area (TPSA) is 194 Å². The second kappa shape index (κ2) is 17.3. The average Bonchev–Trinajstić information content (AvgIpc) is 3.78. The molecule has 0 spiro atoms. The van der Waals surface area contributed by atoms with Crippen LogP contribution in [0.5, 0.6) is 6.01 Å². The van der Waals surface area contributed by atoms with Crippen LogP contribution in [0, 0.1) is 5.21 Å². The Bertz CT molecular complexity index is 2010. The van der Waals surface area contributed by atoms with Crippen molar-refractivity contribution in [2.75, 3.05) is 26.4 Å². The van der Waals surface area contributed by atoms with Gasteiger partial charge in [0.15, 0.2) is 5.82 Å². The van der Waals surface area contributed by atoms with Crippen molar-refractivity contribution < 1.29 is 38.3 Å². The van der Waals surface area contributed by atoms with Crippen molar-refractivity contribution in [3.8, 4) is 28.5 Å². The minimum absolute atomic E-state index is 0.0272. The van der Waals surface area contributed by atoms with Gasteiger partial charge in [0.1, 0.15) is 6.61 Å². The van der Waals surface area contributed by atoms with Gasteiger partial charge in [-0.3, -0.25) is 4.57 Å². The van der Waals surface area contributed by atoms with Gasteiger partial charge < -0.3 is 29.0 Å². The molecular weight excluding hydrogens is 686 g/mol. The molecule has 0 amide bonds. The number of nitrogens with one attached hydrogen (secondary N) is 1. The fourth-order valence-corrected chi connectivity index (χ4v) is 5.57. The predicted octanol–water partition coefficient (Wildman–Crippen LogP) is 6.31. The van der Waals surface area contributed by atoms with Crippen LogP contribution in [0.25, 0.3) is 33.5 Å². The number of fused-ring (bicyclic) bond motifs is 1. The summed E-state index contributed by atoms with van der Waals surface area (Å²) in [5, 5.41) is 31.5. The summed E-state index contributed by atoms with van der Waals surface area (Å²) in [5.74, 6) is -0.170. The lowest BCUT2D eigenvalue weighted by Gasteiger charge is -2.29. The van der Waals surface area contributed by atoms with Gasteiger partial charge >= 0.3 is 12.1 Å². The molecule has 280 valence electrons. The molecule has 53 heavy (non-hydrogen) atoms. The number of rotatable bonds is 16. The normalized spacial score (nSPS) is 12.3. The molecule has 2 aromatic heterocycles. The lowest BCUT2D eigenvalue weighted by atomic mass is 9.98. The SMILES string of the molecule is CCOc1nc2cccc(C(=O)OC(C)OC(=O)OCCCO/N=[N+](\[O-])N(CC)C(C)(C)C)c2n1Cc1ccc(-c2ccccc2-c2nnn[nH]2)cc1. The summed E-state index contributed by atoms with van der Waals surface area (Å²) in [5.41, 5.74) is 4.50. The van der Waals surface area contributed by atoms with Gasteiger partial charge in [0.2, 0.25) is 11.6 Å². The molecule has 1 atom stereocenters. The number of hydrazine groups is 1. The van der Waals surface area contributed by atoms with E-state index in [1.54, 1.807) is 18.2 Å². The number of hydrogen-bond donors (Lipinski definition) is 1. The maximum absolute atomic E-state index is 13.5. The van der Waals surface area contributed by atoms with E-state index in [0.717, 1.165) is 22.3 Å². The van der Waals surface area contributed by atoms with E-state index in [1.807, 2.05) is 87.7 Å². The number of aromatic nitrogens is 6. The fourth-order valence-electron chi connectivity index (χ4n) is 5.57. The molecule has 1 N–H and O–H groups in total. The van der Waals surface area contributed by atoms with E-state index >= 15 is 0 Å². The quantitative estimate of drug-likeness (QED) is 0.0297. The van der Waals surface area contributed by atoms with Gasteiger partial charge in [-0.05, 0) is 73.9 Å². The Morgan fingerprint density at radius 1 is 1.00 bits per heavy atom. The molecule has 0 fully saturated rings. The first-order valence-corrected chi connectivity index (χ1v) is 17.2. The summed E-state index contributed by atoms with van der Waals surface area (Å²) >= 11 is 0. The summed E-state index contributed by atoms with van der Waals surface area (Å²) in [6.45, 7) is 11.8. The Morgan fingerprint density at radius 2 is 1.75 bits per heavy atom. The van der Waals surface area contributed by atoms with Gasteiger partial charge in [0.25, 0.3) is 6.01 Å². The number of ether oxygens (including phenoxy) is 4. The van der Waals surface area contributed by atoms with Gasteiger partial charge in [0.05, 0.1) is 53.4 Å². The zero-order valence-corrected chi connectivity index (χ0v) is 30.5. The molecule has 5 aromatic rings. The summed E-state index contributed by atoms with van der Waals surface area (Å²) in [7, 11) is 0. The summed E-state index contributed by atoms with van der Waals surface area (Å²) in [6.07, 6.45) is -2.07. The number of carbonyl (C=O) groups is 2. The summed E-state index contributed by atoms with van der Waals surface area (Å²) in [6, 6.07) is 21.2. The lowest BCUT2D eigenvalue weighted by molar-refractivity contribution is -0.724. The zero-order chi connectivity index (χ0) is 38.0. The molecule has 1 unspecified atom stereocenters. The first kappa shape index (κ1) is 38.0. The Kier molecular flexibility index (Phi) is 12.4. The molecule has 0 aliphatic rings. The number of benzene rings is 3. The molecule has 17 nitrogen and oxygen atoms in total. The average molecular weight is 730 g/mol. The molecule has 3 aromatic carbocycles. The number of tetrazole rings is 1. The summed E-state index contributed by atoms with van der Waals surface area (Å²) < 4.78 is 23.4. The van der Waals surface area contributed by atoms with Crippen molar-refractivity contribution in [1.29, 1.82) is 0 Å². The van der Waals surface area contributed by atoms with Crippen molar-refractivity contribution in [2.24, 2.45) is 5.28 Å². The molecule has 2 heterocycles. The third-order valence-electron chi connectivity index (χ3n) is 7.90. The van der Waals surface area contributed by atoms with Crippen LogP contribution < -0.4 is 4.74 Å². The van der Waals surface area contributed by atoms with Crippen LogP contribution in [-0.2, 0) is 25.6 Å². The highest BCUT2D eigenvalue weighted by atomic mass is 16.8. The molecule has 0 saturated carbocycles. The Labute approximate surface area is 306 Å². The van der Waals surface area contributed by atoms with Gasteiger partial charge in [-0.25, -0.2) is 14.7 Å². The van der Waals surface area contributed by atoms with Crippen LogP contribution >= 0.6 is 0 Å². The van der Waals surface area contributed by atoms with Gasteiger partial charge in [-0.15, -0.1) is 10.1 Å². The third kappa shape index (κ3) is 9.55. The maximum Gasteiger partial charge on any atom is 0.511 e. The van der Waals surface area contributed by atoms with Crippen molar-refractivity contribution in [3.05, 3.63) is 83.1 Å². The van der Waals surface area contributed by atoms with Crippen molar-refractivity contribution in [2.45, 2.75) is 66.3 Å². The highest BCUT2D eigenvalue weighted by Crippen LogP contribution is 2.31. The maximum atomic E-state index is 13.5. The van der Waals surface area contributed by atoms with E-state index in [1.165, 1.54) is 11.9 Å². The van der Waals surface area contributed by atoms with Crippen molar-refractivity contribution in [1.82, 2.24) is 35.2 Å². The van der Waals surface area contributed by atoms with Crippen LogP contribution in [0.3, 0.4) is 0 Å². The predicted molar refractivity (Wildman–Crippen MR) is 191 cm³/mol. The van der Waals surface area contributed by atoms with E-state index in [9.17, 15) is 14.8 Å². The van der Waals surface area contributed by atoms with Crippen molar-refractivity contribution >= 4 is 23.2 Å². The van der Waals surface area contributed by atoms with Crippen molar-refractivity contribution in [3.63, 3.8) is 0 Å². The number of carbonyl (C=O) groups excluding carboxylic acids is 2. The fraction of sp³-hybridized carbons (Fsp3) is 0.389. The number of imidazole rings is 1. The van der Waals surface area contributed by atoms with Gasteiger partial charge in [-0.1, -0.05) is 54.6 Å². The highest BCUT2D eigenvalue weighted by Gasteiger charge is 2.27. The van der Waals surface area contributed by atoms with E-state index in [0.29, 0.717) is 47.5 Å². The molecular formula is C36H43N9O8. The Morgan fingerprint density at radius 3 is 2.43 bits per heavy atom. The smallest absolute Gasteiger partial charge is 0.511 e. The number of para-hydroxylation sites is 1. The van der Waals surface area contributed by atoms with E-state index in [2.05, 4.69) is 30.9 Å². The first-order chi connectivity index (χ1) is 25.5. The molecule has 0 radical (unpaired) electrons. The summed E-state index contributed by atoms with van der Waals surface area (Å²) in [4.78, 5) is 35.8. The minimum Gasteiger partial charge on any atom is -0.569 e. The molecule has 0 aliphatic carbocycles.